The van der Waals surface area contributed by atoms with Crippen molar-refractivity contribution in [3.63, 3.8) is 0 Å². The summed E-state index contributed by atoms with van der Waals surface area (Å²) >= 11 is 0. The Hall–Kier alpha value is -1.51. The van der Waals surface area contributed by atoms with E-state index in [1.54, 1.807) is 7.11 Å². The normalized spacial score (nSPS) is 12.2. The number of benzene rings is 1. The van der Waals surface area contributed by atoms with E-state index >= 15 is 0 Å². The molecule has 1 aromatic carbocycles. The van der Waals surface area contributed by atoms with E-state index in [0.717, 1.165) is 28.9 Å². The molecule has 0 bridgehead atoms. The van der Waals surface area contributed by atoms with Gasteiger partial charge in [-0.15, -0.1) is 0 Å². The number of aryl methyl sites for hydroxylation is 2. The van der Waals surface area contributed by atoms with Crippen LogP contribution in [0.4, 0.5) is 0 Å². The van der Waals surface area contributed by atoms with Crippen LogP contribution in [-0.2, 0) is 4.79 Å². The highest BCUT2D eigenvalue weighted by atomic mass is 16.5. The van der Waals surface area contributed by atoms with Crippen molar-refractivity contribution in [1.29, 1.82) is 0 Å². The van der Waals surface area contributed by atoms with Gasteiger partial charge in [-0.2, -0.15) is 0 Å². The van der Waals surface area contributed by atoms with Crippen molar-refractivity contribution in [1.82, 2.24) is 0 Å². The molecule has 0 aliphatic rings. The minimum absolute atomic E-state index is 0.412. The summed E-state index contributed by atoms with van der Waals surface area (Å²) in [6.45, 7) is 5.87. The van der Waals surface area contributed by atoms with Gasteiger partial charge in [0, 0.05) is 0 Å². The van der Waals surface area contributed by atoms with Crippen LogP contribution in [0.3, 0.4) is 0 Å². The lowest BCUT2D eigenvalue weighted by Gasteiger charge is -2.17. The van der Waals surface area contributed by atoms with E-state index in [1.807, 2.05) is 32.9 Å². The highest BCUT2D eigenvalue weighted by molar-refractivity contribution is 5.77. The fraction of sp³-hybridized carbons (Fsp3) is 0.500. The molecule has 0 heterocycles. The number of methoxy groups -OCH3 is 1. The molecule has 0 spiro atoms. The Morgan fingerprint density at radius 3 is 2.47 bits per heavy atom. The van der Waals surface area contributed by atoms with Crippen molar-refractivity contribution in [2.24, 2.45) is 0 Å². The fourth-order valence-electron chi connectivity index (χ4n) is 2.11. The second-order valence-electron chi connectivity index (χ2n) is 4.36. The molecule has 94 valence electrons. The van der Waals surface area contributed by atoms with Gasteiger partial charge in [-0.25, -0.2) is 0 Å². The summed E-state index contributed by atoms with van der Waals surface area (Å²) in [6, 6.07) is 3.85. The maximum atomic E-state index is 11.3. The third kappa shape index (κ3) is 2.99. The summed E-state index contributed by atoms with van der Waals surface area (Å²) in [4.78, 5) is 11.3. The molecule has 3 heteroatoms. The number of carboxylic acids is 1. The molecule has 1 atom stereocenters. The molecule has 0 saturated heterocycles. The Morgan fingerprint density at radius 1 is 1.35 bits per heavy atom. The van der Waals surface area contributed by atoms with Crippen LogP contribution < -0.4 is 4.74 Å². The van der Waals surface area contributed by atoms with Crippen LogP contribution >= 0.6 is 0 Å². The number of aliphatic carboxylic acids is 1. The van der Waals surface area contributed by atoms with Crippen LogP contribution in [0.1, 0.15) is 42.4 Å². The zero-order chi connectivity index (χ0) is 13.0. The minimum Gasteiger partial charge on any atom is -0.496 e. The van der Waals surface area contributed by atoms with Crippen molar-refractivity contribution < 1.29 is 14.6 Å². The largest absolute Gasteiger partial charge is 0.496 e. The Balaban J connectivity index is 3.20. The van der Waals surface area contributed by atoms with Crippen molar-refractivity contribution in [3.05, 3.63) is 28.8 Å². The van der Waals surface area contributed by atoms with Crippen LogP contribution in [0, 0.1) is 13.8 Å². The van der Waals surface area contributed by atoms with Crippen molar-refractivity contribution >= 4 is 5.97 Å². The van der Waals surface area contributed by atoms with Gasteiger partial charge < -0.3 is 9.84 Å². The van der Waals surface area contributed by atoms with E-state index in [9.17, 15) is 9.90 Å². The summed E-state index contributed by atoms with van der Waals surface area (Å²) in [6.07, 6.45) is 1.53. The summed E-state index contributed by atoms with van der Waals surface area (Å²) in [7, 11) is 1.63. The van der Waals surface area contributed by atoms with E-state index in [4.69, 9.17) is 4.74 Å². The zero-order valence-corrected chi connectivity index (χ0v) is 10.9. The number of rotatable bonds is 5. The van der Waals surface area contributed by atoms with Crippen LogP contribution in [0.25, 0.3) is 0 Å². The van der Waals surface area contributed by atoms with Gasteiger partial charge >= 0.3 is 5.97 Å². The maximum absolute atomic E-state index is 11.3. The molecule has 0 aromatic heterocycles. The number of hydrogen-bond acceptors (Lipinski definition) is 2. The van der Waals surface area contributed by atoms with Gasteiger partial charge in [0.2, 0.25) is 0 Å². The fourth-order valence-corrected chi connectivity index (χ4v) is 2.11. The molecule has 3 nitrogen and oxygen atoms in total. The Morgan fingerprint density at radius 2 is 2.00 bits per heavy atom. The molecule has 1 rings (SSSR count). The highest BCUT2D eigenvalue weighted by Gasteiger charge is 2.21. The van der Waals surface area contributed by atoms with Gasteiger partial charge in [0.1, 0.15) is 5.75 Å². The van der Waals surface area contributed by atoms with Gasteiger partial charge in [-0.1, -0.05) is 19.4 Å². The van der Waals surface area contributed by atoms with Gasteiger partial charge in [0.05, 0.1) is 13.0 Å². The maximum Gasteiger partial charge on any atom is 0.310 e. The van der Waals surface area contributed by atoms with E-state index in [-0.39, 0.29) is 0 Å². The Bertz CT molecular complexity index is 410. The van der Waals surface area contributed by atoms with Gasteiger partial charge in [0.25, 0.3) is 0 Å². The quantitative estimate of drug-likeness (QED) is 0.853. The molecule has 1 aromatic rings. The summed E-state index contributed by atoms with van der Waals surface area (Å²) < 4.78 is 5.23. The summed E-state index contributed by atoms with van der Waals surface area (Å²) in [5.74, 6) is -0.351. The second-order valence-corrected chi connectivity index (χ2v) is 4.36. The number of ether oxygens (including phenoxy) is 1. The van der Waals surface area contributed by atoms with Gasteiger partial charge in [0.15, 0.2) is 0 Å². The third-order valence-electron chi connectivity index (χ3n) is 3.03. The Kier molecular flexibility index (Phi) is 4.55. The standard InChI is InChI=1S/C14H20O3/c1-5-6-11(14(15)16)12-7-10(3)13(17-4)8-9(12)2/h7-8,11H,5-6H2,1-4H3,(H,15,16). The monoisotopic (exact) mass is 236 g/mol. The molecule has 1 unspecified atom stereocenters. The van der Waals surface area contributed by atoms with Crippen LogP contribution in [-0.4, -0.2) is 18.2 Å². The van der Waals surface area contributed by atoms with Crippen molar-refractivity contribution in [2.75, 3.05) is 7.11 Å². The lowest BCUT2D eigenvalue weighted by molar-refractivity contribution is -0.139. The van der Waals surface area contributed by atoms with Crippen molar-refractivity contribution in [2.45, 2.75) is 39.5 Å². The highest BCUT2D eigenvalue weighted by Crippen LogP contribution is 2.30. The molecule has 0 radical (unpaired) electrons. The van der Waals surface area contributed by atoms with E-state index in [2.05, 4.69) is 0 Å². The minimum atomic E-state index is -0.750. The molecular weight excluding hydrogens is 216 g/mol. The van der Waals surface area contributed by atoms with E-state index < -0.39 is 11.9 Å². The van der Waals surface area contributed by atoms with Crippen LogP contribution in [0.2, 0.25) is 0 Å². The molecular formula is C14H20O3. The summed E-state index contributed by atoms with van der Waals surface area (Å²) in [5.41, 5.74) is 2.86. The Labute approximate surface area is 102 Å². The zero-order valence-electron chi connectivity index (χ0n) is 10.9. The SMILES string of the molecule is CCCC(C(=O)O)c1cc(C)c(OC)cc1C. The third-order valence-corrected chi connectivity index (χ3v) is 3.03. The van der Waals surface area contributed by atoms with Crippen LogP contribution in [0.5, 0.6) is 5.75 Å². The molecule has 0 amide bonds. The molecule has 17 heavy (non-hydrogen) atoms. The molecule has 0 fully saturated rings. The number of carboxylic acid groups (broad SMARTS) is 1. The van der Waals surface area contributed by atoms with E-state index in [0.29, 0.717) is 6.42 Å². The lowest BCUT2D eigenvalue weighted by atomic mass is 9.89. The molecule has 1 N–H and O–H groups in total. The average molecular weight is 236 g/mol. The number of hydrogen-bond donors (Lipinski definition) is 1. The molecule has 0 saturated carbocycles. The first kappa shape index (κ1) is 13.6. The predicted molar refractivity (Wildman–Crippen MR) is 67.8 cm³/mol. The summed E-state index contributed by atoms with van der Waals surface area (Å²) in [5, 5.41) is 9.27. The van der Waals surface area contributed by atoms with E-state index in [1.165, 1.54) is 0 Å². The topological polar surface area (TPSA) is 46.5 Å². The van der Waals surface area contributed by atoms with Crippen LogP contribution in [0.15, 0.2) is 12.1 Å². The molecule has 0 aliphatic carbocycles. The molecule has 0 aliphatic heterocycles. The lowest BCUT2D eigenvalue weighted by Crippen LogP contribution is -2.13. The second kappa shape index (κ2) is 5.71. The average Bonchev–Trinajstić information content (AvgIpc) is 2.28. The first-order chi connectivity index (χ1) is 8.01. The first-order valence-electron chi connectivity index (χ1n) is 5.89. The van der Waals surface area contributed by atoms with Gasteiger partial charge in [-0.05, 0) is 43.0 Å². The smallest absolute Gasteiger partial charge is 0.310 e. The van der Waals surface area contributed by atoms with Gasteiger partial charge in [-0.3, -0.25) is 4.79 Å². The first-order valence-corrected chi connectivity index (χ1v) is 5.89. The number of carbonyl (C=O) groups is 1. The van der Waals surface area contributed by atoms with Crippen molar-refractivity contribution in [3.8, 4) is 5.75 Å². The predicted octanol–water partition coefficient (Wildman–Crippen LogP) is 3.28.